The van der Waals surface area contributed by atoms with Crippen molar-refractivity contribution in [2.45, 2.75) is 32.8 Å². The lowest BCUT2D eigenvalue weighted by Gasteiger charge is -2.16. The summed E-state index contributed by atoms with van der Waals surface area (Å²) < 4.78 is 21.6. The minimum Gasteiger partial charge on any atom is -0.392 e. The van der Waals surface area contributed by atoms with E-state index in [1.165, 1.54) is 0 Å². The Hall–Kier alpha value is -0.0900. The Balaban J connectivity index is 3.95. The fourth-order valence-corrected chi connectivity index (χ4v) is 2.07. The van der Waals surface area contributed by atoms with Gasteiger partial charge in [0.15, 0.2) is 0 Å². The molecule has 0 radical (unpaired) electrons. The van der Waals surface area contributed by atoms with Crippen LogP contribution in [0.1, 0.15) is 26.7 Å². The van der Waals surface area contributed by atoms with Crippen LogP contribution in [0.25, 0.3) is 0 Å². The monoisotopic (exact) mass is 194 g/mol. The van der Waals surface area contributed by atoms with Gasteiger partial charge in [0.1, 0.15) is 9.84 Å². The number of aliphatic hydroxyl groups excluding tert-OH is 1. The molecule has 0 rings (SSSR count). The van der Waals surface area contributed by atoms with E-state index in [4.69, 9.17) is 0 Å². The van der Waals surface area contributed by atoms with Crippen LogP contribution in [-0.2, 0) is 9.84 Å². The maximum absolute atomic E-state index is 10.8. The van der Waals surface area contributed by atoms with Crippen LogP contribution in [-0.4, -0.2) is 31.6 Å². The topological polar surface area (TPSA) is 54.4 Å². The Morgan fingerprint density at radius 3 is 2.25 bits per heavy atom. The minimum atomic E-state index is -3.04. The van der Waals surface area contributed by atoms with Crippen LogP contribution in [0.3, 0.4) is 0 Å². The van der Waals surface area contributed by atoms with E-state index < -0.39 is 15.9 Å². The molecule has 0 aliphatic rings. The van der Waals surface area contributed by atoms with Crippen molar-refractivity contribution in [3.05, 3.63) is 0 Å². The lowest BCUT2D eigenvalue weighted by atomic mass is 10.0. The van der Waals surface area contributed by atoms with Crippen molar-refractivity contribution >= 4 is 9.84 Å². The van der Waals surface area contributed by atoms with Gasteiger partial charge in [-0.1, -0.05) is 20.3 Å². The van der Waals surface area contributed by atoms with Gasteiger partial charge in [-0.15, -0.1) is 0 Å². The molecule has 4 heteroatoms. The molecule has 0 fully saturated rings. The van der Waals surface area contributed by atoms with Gasteiger partial charge in [0.2, 0.25) is 0 Å². The molecular formula is C8H18O3S. The molecule has 1 N–H and O–H groups in total. The summed E-state index contributed by atoms with van der Waals surface area (Å²) in [5.74, 6) is -0.0431. The second-order valence-electron chi connectivity index (χ2n) is 3.43. The summed E-state index contributed by atoms with van der Waals surface area (Å²) in [7, 11) is -3.04. The average molecular weight is 194 g/mol. The average Bonchev–Trinajstić information content (AvgIpc) is 1.84. The fourth-order valence-electron chi connectivity index (χ4n) is 1.12. The number of hydrogen-bond acceptors (Lipinski definition) is 3. The summed E-state index contributed by atoms with van der Waals surface area (Å²) in [6.07, 6.45) is 2.29. The first-order chi connectivity index (χ1) is 5.37. The lowest BCUT2D eigenvalue weighted by molar-refractivity contribution is 0.132. The van der Waals surface area contributed by atoms with Gasteiger partial charge >= 0.3 is 0 Å². The molecule has 0 aromatic rings. The Kier molecular flexibility index (Phi) is 4.78. The van der Waals surface area contributed by atoms with Crippen LogP contribution < -0.4 is 0 Å². The molecule has 0 saturated heterocycles. The largest absolute Gasteiger partial charge is 0.392 e. The van der Waals surface area contributed by atoms with Crippen molar-refractivity contribution in [2.24, 2.45) is 5.92 Å². The quantitative estimate of drug-likeness (QED) is 0.705. The highest BCUT2D eigenvalue weighted by atomic mass is 32.2. The van der Waals surface area contributed by atoms with E-state index in [9.17, 15) is 13.5 Å². The fraction of sp³-hybridized carbons (Fsp3) is 1.00. The van der Waals surface area contributed by atoms with Crippen molar-refractivity contribution in [3.8, 4) is 0 Å². The smallest absolute Gasteiger partial charge is 0.150 e. The molecule has 74 valence electrons. The molecule has 0 aromatic carbocycles. The van der Waals surface area contributed by atoms with Gasteiger partial charge in [-0.3, -0.25) is 0 Å². The first kappa shape index (κ1) is 11.9. The van der Waals surface area contributed by atoms with Crippen LogP contribution in [0.2, 0.25) is 0 Å². The third-order valence-corrected chi connectivity index (χ3v) is 2.82. The summed E-state index contributed by atoms with van der Waals surface area (Å²) in [6.45, 7) is 3.89. The van der Waals surface area contributed by atoms with Gasteiger partial charge in [0.05, 0.1) is 11.9 Å². The zero-order valence-electron chi connectivity index (χ0n) is 7.95. The lowest BCUT2D eigenvalue weighted by Crippen LogP contribution is -2.26. The molecular weight excluding hydrogens is 176 g/mol. The highest BCUT2D eigenvalue weighted by molar-refractivity contribution is 7.90. The highest BCUT2D eigenvalue weighted by Crippen LogP contribution is 2.11. The summed E-state index contributed by atoms with van der Waals surface area (Å²) in [4.78, 5) is 0. The van der Waals surface area contributed by atoms with Gasteiger partial charge in [0.25, 0.3) is 0 Å². The molecule has 0 aliphatic carbocycles. The van der Waals surface area contributed by atoms with Gasteiger partial charge < -0.3 is 5.11 Å². The van der Waals surface area contributed by atoms with Crippen LogP contribution in [0.5, 0.6) is 0 Å². The van der Waals surface area contributed by atoms with Crippen LogP contribution in [0.15, 0.2) is 0 Å². The molecule has 2 atom stereocenters. The van der Waals surface area contributed by atoms with Crippen molar-refractivity contribution in [2.75, 3.05) is 12.0 Å². The van der Waals surface area contributed by atoms with E-state index in [1.54, 1.807) is 0 Å². The van der Waals surface area contributed by atoms with Crippen molar-refractivity contribution in [3.63, 3.8) is 0 Å². The molecule has 0 amide bonds. The molecule has 0 aliphatic heterocycles. The second-order valence-corrected chi connectivity index (χ2v) is 5.61. The van der Waals surface area contributed by atoms with Gasteiger partial charge in [-0.2, -0.15) is 0 Å². The molecule has 2 unspecified atom stereocenters. The SMILES string of the molecule is CCCC(C)C(O)CS(C)(=O)=O. The predicted molar refractivity (Wildman–Crippen MR) is 49.8 cm³/mol. The summed E-state index contributed by atoms with van der Waals surface area (Å²) in [6, 6.07) is 0. The third-order valence-electron chi connectivity index (χ3n) is 1.87. The number of aliphatic hydroxyl groups is 1. The van der Waals surface area contributed by atoms with Crippen molar-refractivity contribution < 1.29 is 13.5 Å². The second kappa shape index (κ2) is 4.82. The molecule has 0 spiro atoms. The number of sulfone groups is 1. The number of hydrogen-bond donors (Lipinski definition) is 1. The zero-order valence-corrected chi connectivity index (χ0v) is 8.76. The Labute approximate surface area is 74.7 Å². The molecule has 12 heavy (non-hydrogen) atoms. The highest BCUT2D eigenvalue weighted by Gasteiger charge is 2.18. The number of rotatable bonds is 5. The van der Waals surface area contributed by atoms with Crippen LogP contribution in [0, 0.1) is 5.92 Å². The maximum Gasteiger partial charge on any atom is 0.150 e. The predicted octanol–water partition coefficient (Wildman–Crippen LogP) is 0.828. The maximum atomic E-state index is 10.8. The Morgan fingerprint density at radius 1 is 1.42 bits per heavy atom. The zero-order chi connectivity index (χ0) is 9.78. The van der Waals surface area contributed by atoms with E-state index in [2.05, 4.69) is 0 Å². The van der Waals surface area contributed by atoms with Gasteiger partial charge in [0, 0.05) is 6.26 Å². The van der Waals surface area contributed by atoms with E-state index in [1.807, 2.05) is 13.8 Å². The molecule has 3 nitrogen and oxygen atoms in total. The van der Waals surface area contributed by atoms with Gasteiger partial charge in [-0.05, 0) is 12.3 Å². The van der Waals surface area contributed by atoms with E-state index in [0.29, 0.717) is 0 Å². The van der Waals surface area contributed by atoms with E-state index in [-0.39, 0.29) is 11.7 Å². The third kappa shape index (κ3) is 5.55. The van der Waals surface area contributed by atoms with Gasteiger partial charge in [-0.25, -0.2) is 8.42 Å². The molecule has 0 heterocycles. The van der Waals surface area contributed by atoms with Crippen molar-refractivity contribution in [1.82, 2.24) is 0 Å². The molecule has 0 bridgehead atoms. The molecule has 0 saturated carbocycles. The van der Waals surface area contributed by atoms with E-state index in [0.717, 1.165) is 19.1 Å². The Bertz CT molecular complexity index is 208. The van der Waals surface area contributed by atoms with Crippen molar-refractivity contribution in [1.29, 1.82) is 0 Å². The summed E-state index contributed by atoms with van der Waals surface area (Å²) in [5, 5.41) is 9.41. The molecule has 0 aromatic heterocycles. The Morgan fingerprint density at radius 2 is 1.92 bits per heavy atom. The van der Waals surface area contributed by atoms with Crippen LogP contribution >= 0.6 is 0 Å². The first-order valence-electron chi connectivity index (χ1n) is 4.22. The van der Waals surface area contributed by atoms with Crippen LogP contribution in [0.4, 0.5) is 0 Å². The minimum absolute atomic E-state index is 0.0738. The first-order valence-corrected chi connectivity index (χ1v) is 6.28. The standard InChI is InChI=1S/C8H18O3S/c1-4-5-7(2)8(9)6-12(3,10)11/h7-9H,4-6H2,1-3H3. The summed E-state index contributed by atoms with van der Waals surface area (Å²) in [5.41, 5.74) is 0. The summed E-state index contributed by atoms with van der Waals surface area (Å²) >= 11 is 0. The van der Waals surface area contributed by atoms with E-state index >= 15 is 0 Å². The normalized spacial score (nSPS) is 17.3.